The van der Waals surface area contributed by atoms with E-state index in [-0.39, 0.29) is 11.8 Å². The molecule has 0 bridgehead atoms. The van der Waals surface area contributed by atoms with Gasteiger partial charge in [-0.2, -0.15) is 0 Å². The number of ether oxygens (including phenoxy) is 1. The minimum atomic E-state index is -0.454. The third-order valence-electron chi connectivity index (χ3n) is 5.88. The highest BCUT2D eigenvalue weighted by Gasteiger charge is 2.22. The smallest absolute Gasteiger partial charge is 0.255 e. The van der Waals surface area contributed by atoms with E-state index in [0.717, 1.165) is 34.6 Å². The van der Waals surface area contributed by atoms with E-state index >= 15 is 0 Å². The van der Waals surface area contributed by atoms with Gasteiger partial charge in [0.15, 0.2) is 0 Å². The van der Waals surface area contributed by atoms with Gasteiger partial charge >= 0.3 is 0 Å². The molecule has 0 aliphatic carbocycles. The van der Waals surface area contributed by atoms with Crippen LogP contribution in [0.25, 0.3) is 0 Å². The summed E-state index contributed by atoms with van der Waals surface area (Å²) in [6, 6.07) is 32.2. The maximum absolute atomic E-state index is 13.4. The third kappa shape index (κ3) is 7.73. The summed E-state index contributed by atoms with van der Waals surface area (Å²) in [6.45, 7) is 4.77. The molecule has 0 aliphatic heterocycles. The summed E-state index contributed by atoms with van der Waals surface area (Å²) in [4.78, 5) is 26.9. The van der Waals surface area contributed by atoms with Crippen LogP contribution >= 0.6 is 11.8 Å². The molecule has 4 aromatic carbocycles. The second-order valence-corrected chi connectivity index (χ2v) is 10.2. The van der Waals surface area contributed by atoms with Gasteiger partial charge in [-0.15, -0.1) is 11.8 Å². The van der Waals surface area contributed by atoms with Gasteiger partial charge in [0.05, 0.1) is 6.61 Å². The Bertz CT molecular complexity index is 1340. The van der Waals surface area contributed by atoms with Crippen molar-refractivity contribution in [2.24, 2.45) is 0 Å². The zero-order chi connectivity index (χ0) is 26.7. The molecule has 6 heteroatoms. The number of nitrogens with one attached hydrogen (secondary N) is 2. The Morgan fingerprint density at radius 3 is 2.18 bits per heavy atom. The van der Waals surface area contributed by atoms with Gasteiger partial charge in [-0.3, -0.25) is 9.59 Å². The van der Waals surface area contributed by atoms with Crippen molar-refractivity contribution >= 4 is 35.0 Å². The normalized spacial score (nSPS) is 11.4. The average Bonchev–Trinajstić information content (AvgIpc) is 2.94. The van der Waals surface area contributed by atoms with Crippen molar-refractivity contribution in [3.8, 4) is 5.75 Å². The second kappa shape index (κ2) is 13.5. The molecular weight excluding hydrogens is 492 g/mol. The lowest BCUT2D eigenvalue weighted by Crippen LogP contribution is -2.19. The molecule has 0 heterocycles. The molecule has 1 atom stereocenters. The highest BCUT2D eigenvalue weighted by atomic mass is 32.2. The van der Waals surface area contributed by atoms with Crippen LogP contribution in [0.4, 0.5) is 11.4 Å². The lowest BCUT2D eigenvalue weighted by Gasteiger charge is -2.18. The molecule has 0 fully saturated rings. The number of thioether (sulfide) groups is 1. The topological polar surface area (TPSA) is 67.4 Å². The number of benzene rings is 4. The van der Waals surface area contributed by atoms with Crippen molar-refractivity contribution < 1.29 is 14.3 Å². The van der Waals surface area contributed by atoms with Crippen LogP contribution < -0.4 is 15.4 Å². The van der Waals surface area contributed by atoms with Crippen molar-refractivity contribution in [2.45, 2.75) is 36.8 Å². The SMILES string of the molecule is CCCCOc1ccc(NC(=O)C(Sc2ccc(NC(=O)c3cccc(C)c3)cc2)c2ccccc2)cc1. The van der Waals surface area contributed by atoms with Crippen LogP contribution in [0, 0.1) is 6.92 Å². The maximum Gasteiger partial charge on any atom is 0.255 e. The standard InChI is InChI=1S/C32H32N2O3S/c1-3-4-21-37-28-17-13-26(14-18-28)34-32(36)30(24-10-6-5-7-11-24)38-29-19-15-27(16-20-29)33-31(35)25-12-8-9-23(2)22-25/h5-20,22,30H,3-4,21H2,1-2H3,(H,33,35)(H,34,36). The van der Waals surface area contributed by atoms with Crippen LogP contribution in [0.15, 0.2) is 108 Å². The first-order chi connectivity index (χ1) is 18.5. The molecule has 2 amide bonds. The van der Waals surface area contributed by atoms with Gasteiger partial charge in [-0.25, -0.2) is 0 Å². The molecule has 4 aromatic rings. The number of aryl methyl sites for hydroxylation is 1. The molecule has 0 radical (unpaired) electrons. The highest BCUT2D eigenvalue weighted by Crippen LogP contribution is 2.37. The number of rotatable bonds is 11. The molecule has 2 N–H and O–H groups in total. The van der Waals surface area contributed by atoms with Crippen molar-refractivity contribution in [3.05, 3.63) is 120 Å². The summed E-state index contributed by atoms with van der Waals surface area (Å²) in [5.41, 5.74) is 3.97. The quantitative estimate of drug-likeness (QED) is 0.155. The Morgan fingerprint density at radius 2 is 1.50 bits per heavy atom. The molecular formula is C32H32N2O3S. The molecule has 0 aliphatic rings. The predicted molar refractivity (Wildman–Crippen MR) is 156 cm³/mol. The highest BCUT2D eigenvalue weighted by molar-refractivity contribution is 8.00. The van der Waals surface area contributed by atoms with Crippen LogP contribution in [-0.2, 0) is 4.79 Å². The van der Waals surface area contributed by atoms with E-state index in [1.807, 2.05) is 104 Å². The van der Waals surface area contributed by atoms with Gasteiger partial charge in [0.25, 0.3) is 5.91 Å². The van der Waals surface area contributed by atoms with E-state index in [2.05, 4.69) is 17.6 Å². The summed E-state index contributed by atoms with van der Waals surface area (Å²) in [7, 11) is 0. The number of amides is 2. The fraction of sp³-hybridized carbons (Fsp3) is 0.188. The van der Waals surface area contributed by atoms with E-state index in [9.17, 15) is 9.59 Å². The Labute approximate surface area is 228 Å². The maximum atomic E-state index is 13.4. The van der Waals surface area contributed by atoms with Gasteiger partial charge < -0.3 is 15.4 Å². The molecule has 5 nitrogen and oxygen atoms in total. The van der Waals surface area contributed by atoms with E-state index in [1.165, 1.54) is 11.8 Å². The van der Waals surface area contributed by atoms with Gasteiger partial charge in [0, 0.05) is 21.8 Å². The summed E-state index contributed by atoms with van der Waals surface area (Å²) in [5, 5.41) is 5.52. The summed E-state index contributed by atoms with van der Waals surface area (Å²) in [6.07, 6.45) is 2.09. The Morgan fingerprint density at radius 1 is 0.816 bits per heavy atom. The average molecular weight is 525 g/mol. The Hall–Kier alpha value is -4.03. The zero-order valence-corrected chi connectivity index (χ0v) is 22.5. The molecule has 194 valence electrons. The van der Waals surface area contributed by atoms with Crippen LogP contribution in [0.1, 0.15) is 46.5 Å². The molecule has 0 spiro atoms. The van der Waals surface area contributed by atoms with Gasteiger partial charge in [0.2, 0.25) is 5.91 Å². The second-order valence-electron chi connectivity index (χ2n) is 8.97. The largest absolute Gasteiger partial charge is 0.494 e. The van der Waals surface area contributed by atoms with Crippen molar-refractivity contribution in [3.63, 3.8) is 0 Å². The summed E-state index contributed by atoms with van der Waals surface area (Å²) >= 11 is 1.46. The van der Waals surface area contributed by atoms with E-state index in [0.29, 0.717) is 23.5 Å². The zero-order valence-electron chi connectivity index (χ0n) is 21.6. The van der Waals surface area contributed by atoms with Gasteiger partial charge in [-0.05, 0) is 79.6 Å². The van der Waals surface area contributed by atoms with Crippen LogP contribution in [-0.4, -0.2) is 18.4 Å². The van der Waals surface area contributed by atoms with Crippen LogP contribution in [0.3, 0.4) is 0 Å². The Balaban J connectivity index is 1.43. The first-order valence-electron chi connectivity index (χ1n) is 12.8. The minimum Gasteiger partial charge on any atom is -0.494 e. The van der Waals surface area contributed by atoms with Crippen LogP contribution in [0.5, 0.6) is 5.75 Å². The van der Waals surface area contributed by atoms with E-state index in [1.54, 1.807) is 6.07 Å². The molecule has 0 aromatic heterocycles. The molecule has 0 saturated heterocycles. The van der Waals surface area contributed by atoms with Gasteiger partial charge in [0.1, 0.15) is 11.0 Å². The molecule has 38 heavy (non-hydrogen) atoms. The molecule has 4 rings (SSSR count). The lowest BCUT2D eigenvalue weighted by molar-refractivity contribution is -0.115. The van der Waals surface area contributed by atoms with Crippen molar-refractivity contribution in [2.75, 3.05) is 17.2 Å². The predicted octanol–water partition coefficient (Wildman–Crippen LogP) is 7.90. The fourth-order valence-corrected chi connectivity index (χ4v) is 4.84. The monoisotopic (exact) mass is 524 g/mol. The number of hydrogen-bond acceptors (Lipinski definition) is 4. The fourth-order valence-electron chi connectivity index (χ4n) is 3.82. The van der Waals surface area contributed by atoms with Crippen molar-refractivity contribution in [1.82, 2.24) is 0 Å². The summed E-state index contributed by atoms with van der Waals surface area (Å²) in [5.74, 6) is 0.523. The van der Waals surface area contributed by atoms with Gasteiger partial charge in [-0.1, -0.05) is 61.4 Å². The lowest BCUT2D eigenvalue weighted by atomic mass is 10.1. The molecule has 1 unspecified atom stereocenters. The number of carbonyl (C=O) groups is 2. The summed E-state index contributed by atoms with van der Waals surface area (Å²) < 4.78 is 5.72. The first kappa shape index (κ1) is 27.0. The number of carbonyl (C=O) groups excluding carboxylic acids is 2. The van der Waals surface area contributed by atoms with Crippen LogP contribution in [0.2, 0.25) is 0 Å². The third-order valence-corrected chi connectivity index (χ3v) is 7.14. The van der Waals surface area contributed by atoms with E-state index < -0.39 is 5.25 Å². The minimum absolute atomic E-state index is 0.113. The Kier molecular flexibility index (Phi) is 9.59. The number of unbranched alkanes of at least 4 members (excludes halogenated alkanes) is 1. The van der Waals surface area contributed by atoms with E-state index in [4.69, 9.17) is 4.74 Å². The molecule has 0 saturated carbocycles. The van der Waals surface area contributed by atoms with Crippen molar-refractivity contribution in [1.29, 1.82) is 0 Å². The first-order valence-corrected chi connectivity index (χ1v) is 13.6. The number of hydrogen-bond donors (Lipinski definition) is 2. The number of anilines is 2.